The molecule has 3 rings (SSSR count). The minimum absolute atomic E-state index is 0.0136. The van der Waals surface area contributed by atoms with E-state index in [1.54, 1.807) is 40.4 Å². The van der Waals surface area contributed by atoms with Crippen molar-refractivity contribution in [2.45, 2.75) is 19.1 Å². The average molecular weight is 401 g/mol. The summed E-state index contributed by atoms with van der Waals surface area (Å²) in [5.41, 5.74) is 2.86. The Balaban J connectivity index is 1.83. The Kier molecular flexibility index (Phi) is 6.49. The molecule has 0 radical (unpaired) electrons. The summed E-state index contributed by atoms with van der Waals surface area (Å²) < 4.78 is 27.1. The zero-order valence-corrected chi connectivity index (χ0v) is 17.5. The predicted molar refractivity (Wildman–Crippen MR) is 108 cm³/mol. The number of carbonyl (C=O) groups is 1. The van der Waals surface area contributed by atoms with Crippen molar-refractivity contribution in [3.63, 3.8) is 0 Å². The van der Waals surface area contributed by atoms with Gasteiger partial charge in [0.1, 0.15) is 6.10 Å². The highest BCUT2D eigenvalue weighted by Gasteiger charge is 2.30. The quantitative estimate of drug-likeness (QED) is 0.711. The van der Waals surface area contributed by atoms with Gasteiger partial charge in [-0.3, -0.25) is 4.79 Å². The van der Waals surface area contributed by atoms with Crippen LogP contribution in [0.2, 0.25) is 0 Å². The third-order valence-electron chi connectivity index (χ3n) is 5.18. The zero-order valence-electron chi connectivity index (χ0n) is 17.5. The number of carbonyl (C=O) groups excluding carboxylic acids is 1. The van der Waals surface area contributed by atoms with E-state index in [-0.39, 0.29) is 18.4 Å². The maximum absolute atomic E-state index is 13.0. The van der Waals surface area contributed by atoms with E-state index in [1.165, 1.54) is 0 Å². The number of methoxy groups -OCH3 is 5. The van der Waals surface area contributed by atoms with Crippen molar-refractivity contribution in [1.29, 1.82) is 0 Å². The van der Waals surface area contributed by atoms with Crippen molar-refractivity contribution >= 4 is 5.91 Å². The normalized spacial score (nSPS) is 15.5. The van der Waals surface area contributed by atoms with Crippen LogP contribution in [0, 0.1) is 0 Å². The molecule has 156 valence electrons. The minimum atomic E-state index is -0.229. The van der Waals surface area contributed by atoms with Crippen molar-refractivity contribution in [3.8, 4) is 23.0 Å². The van der Waals surface area contributed by atoms with Crippen LogP contribution in [0.3, 0.4) is 0 Å². The van der Waals surface area contributed by atoms with E-state index in [0.29, 0.717) is 36.1 Å². The summed E-state index contributed by atoms with van der Waals surface area (Å²) in [6, 6.07) is 9.35. The smallest absolute Gasteiger partial charge is 0.227 e. The highest BCUT2D eigenvalue weighted by atomic mass is 16.5. The standard InChI is InChI=1S/C22H27NO6/c1-25-17-7-6-14(8-18(17)26-2)9-22(24)23-12-15-10-19(27-3)20(28-4)11-16(15)21(13-23)29-5/h6-8,10-11,21H,9,12-13H2,1-5H3. The van der Waals surface area contributed by atoms with Gasteiger partial charge in [0.2, 0.25) is 5.91 Å². The second-order valence-electron chi connectivity index (χ2n) is 6.77. The molecule has 1 aliphatic rings. The molecule has 0 N–H and O–H groups in total. The molecule has 0 aliphatic carbocycles. The Labute approximate surface area is 171 Å². The third-order valence-corrected chi connectivity index (χ3v) is 5.18. The lowest BCUT2D eigenvalue weighted by Crippen LogP contribution is -2.39. The monoisotopic (exact) mass is 401 g/mol. The molecule has 0 fully saturated rings. The van der Waals surface area contributed by atoms with Crippen molar-refractivity contribution < 1.29 is 28.5 Å². The van der Waals surface area contributed by atoms with Gasteiger partial charge in [0.05, 0.1) is 41.4 Å². The number of benzene rings is 2. The Morgan fingerprint density at radius 1 is 0.897 bits per heavy atom. The van der Waals surface area contributed by atoms with Gasteiger partial charge in [0.25, 0.3) is 0 Å². The number of ether oxygens (including phenoxy) is 5. The summed E-state index contributed by atoms with van der Waals surface area (Å²) in [5.74, 6) is 2.54. The van der Waals surface area contributed by atoms with Gasteiger partial charge >= 0.3 is 0 Å². The molecule has 2 aromatic carbocycles. The molecule has 0 spiro atoms. The molecule has 0 saturated heterocycles. The fourth-order valence-corrected chi connectivity index (χ4v) is 3.61. The molecule has 7 heteroatoms. The molecule has 1 amide bonds. The number of hydrogen-bond donors (Lipinski definition) is 0. The molecule has 1 atom stereocenters. The second-order valence-corrected chi connectivity index (χ2v) is 6.77. The van der Waals surface area contributed by atoms with E-state index in [4.69, 9.17) is 23.7 Å². The van der Waals surface area contributed by atoms with E-state index in [2.05, 4.69) is 0 Å². The highest BCUT2D eigenvalue weighted by Crippen LogP contribution is 2.38. The predicted octanol–water partition coefficient (Wildman–Crippen LogP) is 2.99. The summed E-state index contributed by atoms with van der Waals surface area (Å²) in [4.78, 5) is 14.8. The topological polar surface area (TPSA) is 66.5 Å². The lowest BCUT2D eigenvalue weighted by atomic mass is 9.95. The largest absolute Gasteiger partial charge is 0.493 e. The molecular weight excluding hydrogens is 374 g/mol. The van der Waals surface area contributed by atoms with Gasteiger partial charge in [-0.25, -0.2) is 0 Å². The molecule has 1 aliphatic heterocycles. The van der Waals surface area contributed by atoms with Crippen molar-refractivity contribution in [3.05, 3.63) is 47.0 Å². The summed E-state index contributed by atoms with van der Waals surface area (Å²) in [6.07, 6.45) is 0.0345. The van der Waals surface area contributed by atoms with Crippen molar-refractivity contribution in [1.82, 2.24) is 4.90 Å². The Bertz CT molecular complexity index is 882. The number of hydrogen-bond acceptors (Lipinski definition) is 6. The van der Waals surface area contributed by atoms with Crippen LogP contribution in [0.25, 0.3) is 0 Å². The molecule has 0 aromatic heterocycles. The Morgan fingerprint density at radius 2 is 1.52 bits per heavy atom. The summed E-state index contributed by atoms with van der Waals surface area (Å²) in [6.45, 7) is 0.965. The lowest BCUT2D eigenvalue weighted by Gasteiger charge is -2.34. The van der Waals surface area contributed by atoms with Gasteiger partial charge in [0, 0.05) is 13.7 Å². The molecule has 1 heterocycles. The van der Waals surface area contributed by atoms with E-state index < -0.39 is 0 Å². The first kappa shape index (κ1) is 20.8. The fraction of sp³-hybridized carbons (Fsp3) is 0.409. The van der Waals surface area contributed by atoms with Crippen LogP contribution < -0.4 is 18.9 Å². The van der Waals surface area contributed by atoms with Crippen molar-refractivity contribution in [2.75, 3.05) is 42.1 Å². The second kappa shape index (κ2) is 9.05. The van der Waals surface area contributed by atoms with Crippen LogP contribution >= 0.6 is 0 Å². The van der Waals surface area contributed by atoms with Crippen LogP contribution in [0.15, 0.2) is 30.3 Å². The van der Waals surface area contributed by atoms with Gasteiger partial charge < -0.3 is 28.6 Å². The van der Waals surface area contributed by atoms with Crippen molar-refractivity contribution in [2.24, 2.45) is 0 Å². The average Bonchev–Trinajstić information content (AvgIpc) is 2.76. The SMILES string of the molecule is COc1ccc(CC(=O)N2Cc3cc(OC)c(OC)cc3C(OC)C2)cc1OC. The highest BCUT2D eigenvalue weighted by molar-refractivity contribution is 5.79. The first-order valence-electron chi connectivity index (χ1n) is 9.30. The maximum Gasteiger partial charge on any atom is 0.227 e. The van der Waals surface area contributed by atoms with Gasteiger partial charge in [-0.05, 0) is 41.0 Å². The van der Waals surface area contributed by atoms with Crippen LogP contribution in [0.5, 0.6) is 23.0 Å². The number of nitrogens with zero attached hydrogens (tertiary/aromatic N) is 1. The molecule has 0 bridgehead atoms. The summed E-state index contributed by atoms with van der Waals surface area (Å²) in [5, 5.41) is 0. The first-order chi connectivity index (χ1) is 14.0. The van der Waals surface area contributed by atoms with Gasteiger partial charge in [-0.15, -0.1) is 0 Å². The molecule has 7 nitrogen and oxygen atoms in total. The molecule has 1 unspecified atom stereocenters. The number of rotatable bonds is 7. The van der Waals surface area contributed by atoms with Crippen LogP contribution in [-0.2, 0) is 22.5 Å². The van der Waals surface area contributed by atoms with E-state index in [1.807, 2.05) is 30.3 Å². The Hall–Kier alpha value is -2.93. The molecular formula is C22H27NO6. The molecule has 29 heavy (non-hydrogen) atoms. The lowest BCUT2D eigenvalue weighted by molar-refractivity contribution is -0.133. The maximum atomic E-state index is 13.0. The van der Waals surface area contributed by atoms with Gasteiger partial charge in [-0.1, -0.05) is 6.07 Å². The number of amides is 1. The third kappa shape index (κ3) is 4.24. The van der Waals surface area contributed by atoms with Gasteiger partial charge in [-0.2, -0.15) is 0 Å². The van der Waals surface area contributed by atoms with Crippen LogP contribution in [0.4, 0.5) is 0 Å². The van der Waals surface area contributed by atoms with E-state index in [0.717, 1.165) is 16.7 Å². The number of fused-ring (bicyclic) bond motifs is 1. The molecule has 2 aromatic rings. The summed E-state index contributed by atoms with van der Waals surface area (Å²) >= 11 is 0. The summed E-state index contributed by atoms with van der Waals surface area (Å²) in [7, 11) is 8.01. The first-order valence-corrected chi connectivity index (χ1v) is 9.30. The van der Waals surface area contributed by atoms with E-state index in [9.17, 15) is 4.79 Å². The minimum Gasteiger partial charge on any atom is -0.493 e. The molecule has 0 saturated carbocycles. The Morgan fingerprint density at radius 3 is 2.14 bits per heavy atom. The van der Waals surface area contributed by atoms with Crippen LogP contribution in [0.1, 0.15) is 22.8 Å². The zero-order chi connectivity index (χ0) is 21.0. The fourth-order valence-electron chi connectivity index (χ4n) is 3.61. The van der Waals surface area contributed by atoms with Crippen LogP contribution in [-0.4, -0.2) is 52.9 Å². The van der Waals surface area contributed by atoms with E-state index >= 15 is 0 Å². The van der Waals surface area contributed by atoms with Gasteiger partial charge in [0.15, 0.2) is 23.0 Å².